The maximum atomic E-state index is 13.3. The lowest BCUT2D eigenvalue weighted by Gasteiger charge is -2.22. The van der Waals surface area contributed by atoms with Gasteiger partial charge in [0.2, 0.25) is 15.8 Å². The molecule has 1 aliphatic heterocycles. The van der Waals surface area contributed by atoms with Crippen LogP contribution in [0.1, 0.15) is 43.0 Å². The van der Waals surface area contributed by atoms with Gasteiger partial charge in [-0.05, 0) is 37.3 Å². The number of ketones is 2. The maximum Gasteiger partial charge on any atom is 0.287 e. The van der Waals surface area contributed by atoms with Gasteiger partial charge in [-0.25, -0.2) is 18.1 Å². The first kappa shape index (κ1) is 25.2. The Kier molecular flexibility index (Phi) is 8.50. The van der Waals surface area contributed by atoms with Gasteiger partial charge in [0.25, 0.3) is 5.91 Å². The number of aromatic nitrogens is 1. The zero-order chi connectivity index (χ0) is 24.0. The molecule has 2 heterocycles. The highest BCUT2D eigenvalue weighted by molar-refractivity contribution is 7.89. The first-order valence-corrected chi connectivity index (χ1v) is 13.3. The molecular weight excluding hydrogens is 462 g/mol. The van der Waals surface area contributed by atoms with Gasteiger partial charge in [-0.2, -0.15) is 0 Å². The smallest absolute Gasteiger partial charge is 0.287 e. The van der Waals surface area contributed by atoms with Crippen molar-refractivity contribution in [2.24, 2.45) is 11.8 Å². The second kappa shape index (κ2) is 11.1. The number of sulfonamides is 1. The Morgan fingerprint density at radius 3 is 2.67 bits per heavy atom. The molecule has 2 bridgehead atoms. The van der Waals surface area contributed by atoms with Crippen molar-refractivity contribution < 1.29 is 22.8 Å². The van der Waals surface area contributed by atoms with Gasteiger partial charge in [0.15, 0.2) is 5.78 Å². The molecule has 1 amide bonds. The molecule has 2 unspecified atom stereocenters. The lowest BCUT2D eigenvalue weighted by molar-refractivity contribution is -0.141. The van der Waals surface area contributed by atoms with Crippen LogP contribution >= 0.6 is 11.3 Å². The van der Waals surface area contributed by atoms with Gasteiger partial charge in [0, 0.05) is 36.4 Å². The largest absolute Gasteiger partial charge is 0.349 e. The molecule has 0 spiro atoms. The zero-order valence-electron chi connectivity index (χ0n) is 18.7. The van der Waals surface area contributed by atoms with Crippen molar-refractivity contribution in [3.8, 4) is 0 Å². The lowest BCUT2D eigenvalue weighted by atomic mass is 9.89. The Bertz CT molecular complexity index is 1100. The highest BCUT2D eigenvalue weighted by Gasteiger charge is 2.33. The number of amides is 1. The number of hydrogen-bond donors (Lipinski definition) is 2. The number of Topliss-reactive ketones (excluding diaryl/α,β-unsaturated/α-hetero) is 2. The van der Waals surface area contributed by atoms with Crippen LogP contribution in [-0.2, 0) is 37.2 Å². The number of benzene rings is 1. The number of hydrogen-bond acceptors (Lipinski definition) is 7. The average molecular weight is 492 g/mol. The first-order valence-electron chi connectivity index (χ1n) is 11.0. The van der Waals surface area contributed by atoms with Crippen molar-refractivity contribution >= 4 is 38.8 Å². The highest BCUT2D eigenvalue weighted by Crippen LogP contribution is 2.23. The highest BCUT2D eigenvalue weighted by atomic mass is 32.2. The van der Waals surface area contributed by atoms with E-state index in [1.807, 2.05) is 13.8 Å². The van der Waals surface area contributed by atoms with Crippen LogP contribution in [-0.4, -0.2) is 43.5 Å². The minimum absolute atomic E-state index is 0.0352. The van der Waals surface area contributed by atoms with Gasteiger partial charge in [-0.1, -0.05) is 32.0 Å². The molecule has 2 aromatic rings. The van der Waals surface area contributed by atoms with E-state index in [2.05, 4.69) is 15.0 Å². The molecular formula is C23H29N3O5S2. The summed E-state index contributed by atoms with van der Waals surface area (Å²) in [6.45, 7) is 4.13. The monoisotopic (exact) mass is 491 g/mol. The Morgan fingerprint density at radius 2 is 1.97 bits per heavy atom. The minimum atomic E-state index is -3.92. The molecule has 2 atom stereocenters. The van der Waals surface area contributed by atoms with Gasteiger partial charge in [0.05, 0.1) is 15.9 Å². The van der Waals surface area contributed by atoms with Crippen LogP contribution in [0.25, 0.3) is 0 Å². The molecule has 33 heavy (non-hydrogen) atoms. The average Bonchev–Trinajstić information content (AvgIpc) is 3.21. The molecule has 0 fully saturated rings. The van der Waals surface area contributed by atoms with Gasteiger partial charge < -0.3 is 5.32 Å². The molecule has 1 aromatic heterocycles. The van der Waals surface area contributed by atoms with Gasteiger partial charge >= 0.3 is 0 Å². The number of carbonyl (C=O) groups excluding carboxylic acids is 3. The first-order chi connectivity index (χ1) is 15.7. The summed E-state index contributed by atoms with van der Waals surface area (Å²) in [6.07, 6.45) is 3.34. The van der Waals surface area contributed by atoms with Crippen LogP contribution in [0.3, 0.4) is 0 Å². The van der Waals surface area contributed by atoms with Crippen LogP contribution in [0.5, 0.6) is 0 Å². The second-order valence-electron chi connectivity index (χ2n) is 8.63. The Labute approximate surface area is 198 Å². The zero-order valence-corrected chi connectivity index (χ0v) is 20.4. The molecule has 0 saturated heterocycles. The number of thiazole rings is 1. The molecule has 178 valence electrons. The minimum Gasteiger partial charge on any atom is -0.349 e. The summed E-state index contributed by atoms with van der Waals surface area (Å²) in [5, 5.41) is 3.54. The van der Waals surface area contributed by atoms with Crippen LogP contribution < -0.4 is 10.0 Å². The number of nitrogens with one attached hydrogen (secondary N) is 2. The fourth-order valence-electron chi connectivity index (χ4n) is 3.73. The lowest BCUT2D eigenvalue weighted by Crippen LogP contribution is -2.44. The molecule has 10 heteroatoms. The molecule has 3 rings (SSSR count). The van der Waals surface area contributed by atoms with Crippen molar-refractivity contribution in [3.05, 3.63) is 46.4 Å². The van der Waals surface area contributed by atoms with Crippen LogP contribution in [0.15, 0.2) is 41.4 Å². The van der Waals surface area contributed by atoms with Crippen molar-refractivity contribution in [2.75, 3.05) is 6.54 Å². The van der Waals surface area contributed by atoms with Crippen LogP contribution in [0, 0.1) is 11.8 Å². The normalized spacial score (nSPS) is 18.5. The summed E-state index contributed by atoms with van der Waals surface area (Å²) >= 11 is 1.48. The Morgan fingerprint density at radius 1 is 1.24 bits per heavy atom. The van der Waals surface area contributed by atoms with E-state index in [1.54, 1.807) is 24.4 Å². The molecule has 8 nitrogen and oxygen atoms in total. The Balaban J connectivity index is 1.82. The molecule has 0 saturated carbocycles. The van der Waals surface area contributed by atoms with Crippen molar-refractivity contribution in [1.29, 1.82) is 0 Å². The topological polar surface area (TPSA) is 122 Å². The SMILES string of the molecule is CC(C)CC(NS(=O)(=O)c1ccccc1)C(=O)CC1Cc2cnc(s2)CCCNC(=O)C1=O. The number of aryl methyl sites for hydroxylation is 1. The number of rotatable bonds is 8. The van der Waals surface area contributed by atoms with E-state index in [-0.39, 0.29) is 30.1 Å². The van der Waals surface area contributed by atoms with Crippen molar-refractivity contribution in [1.82, 2.24) is 15.0 Å². The summed E-state index contributed by atoms with van der Waals surface area (Å²) in [5.74, 6) is -2.61. The van der Waals surface area contributed by atoms with E-state index in [1.165, 1.54) is 23.5 Å². The summed E-state index contributed by atoms with van der Waals surface area (Å²) in [5.41, 5.74) is 0. The third-order valence-electron chi connectivity index (χ3n) is 5.39. The molecule has 1 aliphatic rings. The Hall–Kier alpha value is -2.43. The van der Waals surface area contributed by atoms with Crippen LogP contribution in [0.4, 0.5) is 0 Å². The summed E-state index contributed by atoms with van der Waals surface area (Å²) < 4.78 is 28.2. The van der Waals surface area contributed by atoms with Gasteiger partial charge in [0.1, 0.15) is 0 Å². The van der Waals surface area contributed by atoms with E-state index >= 15 is 0 Å². The summed E-state index contributed by atoms with van der Waals surface area (Å²) in [7, 11) is -3.92. The maximum absolute atomic E-state index is 13.3. The van der Waals surface area contributed by atoms with Crippen LogP contribution in [0.2, 0.25) is 0 Å². The predicted octanol–water partition coefficient (Wildman–Crippen LogP) is 2.29. The standard InChI is InChI=1S/C23H29N3O5S2/c1-15(2)11-19(26-33(30,31)18-7-4-3-5-8-18)20(27)13-16-12-17-14-25-21(32-17)9-6-10-24-23(29)22(16)28/h3-5,7-8,14-16,19,26H,6,9-13H2,1-2H3,(H,24,29). The number of fused-ring (bicyclic) bond motifs is 2. The van der Waals surface area contributed by atoms with E-state index in [0.717, 1.165) is 9.88 Å². The van der Waals surface area contributed by atoms with E-state index in [0.29, 0.717) is 19.4 Å². The van der Waals surface area contributed by atoms with Gasteiger partial charge in [-0.3, -0.25) is 14.4 Å². The summed E-state index contributed by atoms with van der Waals surface area (Å²) in [4.78, 5) is 43.7. The third-order valence-corrected chi connectivity index (χ3v) is 7.96. The molecule has 1 aromatic carbocycles. The van der Waals surface area contributed by atoms with Crippen molar-refractivity contribution in [3.63, 3.8) is 0 Å². The second-order valence-corrected chi connectivity index (χ2v) is 11.5. The third kappa shape index (κ3) is 7.02. The number of nitrogens with zero attached hydrogens (tertiary/aromatic N) is 1. The number of carbonyl (C=O) groups is 3. The predicted molar refractivity (Wildman–Crippen MR) is 125 cm³/mol. The molecule has 0 radical (unpaired) electrons. The van der Waals surface area contributed by atoms with Gasteiger partial charge in [-0.15, -0.1) is 11.3 Å². The van der Waals surface area contributed by atoms with E-state index < -0.39 is 39.5 Å². The van der Waals surface area contributed by atoms with E-state index in [9.17, 15) is 22.8 Å². The molecule has 0 aliphatic carbocycles. The molecule has 2 N–H and O–H groups in total. The fourth-order valence-corrected chi connectivity index (χ4v) is 6.03. The van der Waals surface area contributed by atoms with Crippen molar-refractivity contribution in [2.45, 2.75) is 56.9 Å². The quantitative estimate of drug-likeness (QED) is 0.547. The fraction of sp³-hybridized carbons (Fsp3) is 0.478. The summed E-state index contributed by atoms with van der Waals surface area (Å²) in [6, 6.07) is 6.84. The van der Waals surface area contributed by atoms with E-state index in [4.69, 9.17) is 0 Å².